The van der Waals surface area contributed by atoms with E-state index in [1.54, 1.807) is 26.0 Å². The lowest BCUT2D eigenvalue weighted by atomic mass is 10.0. The number of H-pyrrole nitrogens is 1. The molecule has 0 aliphatic rings. The highest BCUT2D eigenvalue weighted by atomic mass is 16.2. The molecule has 2 rings (SSSR count). The molecule has 0 fully saturated rings. The van der Waals surface area contributed by atoms with Crippen LogP contribution < -0.4 is 11.2 Å². The van der Waals surface area contributed by atoms with E-state index in [1.807, 2.05) is 19.9 Å². The summed E-state index contributed by atoms with van der Waals surface area (Å²) in [4.78, 5) is 38.3. The van der Waals surface area contributed by atoms with Crippen molar-refractivity contribution in [2.24, 2.45) is 0 Å². The summed E-state index contributed by atoms with van der Waals surface area (Å²) >= 11 is 0. The summed E-state index contributed by atoms with van der Waals surface area (Å²) in [6.45, 7) is 7.38. The standard InChI is InChI=1S/C16H18N2O3/c1-9(2)18-13(8-14(19)17-16(18)21)15(20)12-6-10(3)5-11(4)7-12/h5-9H,1-4H3,(H,17,19,21). The van der Waals surface area contributed by atoms with Gasteiger partial charge in [0, 0.05) is 17.7 Å². The molecular weight excluding hydrogens is 268 g/mol. The van der Waals surface area contributed by atoms with E-state index in [0.717, 1.165) is 11.1 Å². The Morgan fingerprint density at radius 1 is 1.05 bits per heavy atom. The zero-order chi connectivity index (χ0) is 15.7. The van der Waals surface area contributed by atoms with Gasteiger partial charge < -0.3 is 0 Å². The average Bonchev–Trinajstić information content (AvgIpc) is 2.35. The zero-order valence-corrected chi connectivity index (χ0v) is 12.6. The summed E-state index contributed by atoms with van der Waals surface area (Å²) in [6.07, 6.45) is 0. The monoisotopic (exact) mass is 286 g/mol. The van der Waals surface area contributed by atoms with Gasteiger partial charge in [-0.1, -0.05) is 17.2 Å². The van der Waals surface area contributed by atoms with Gasteiger partial charge in [-0.15, -0.1) is 0 Å². The largest absolute Gasteiger partial charge is 0.329 e. The van der Waals surface area contributed by atoms with Crippen LogP contribution in [0.15, 0.2) is 33.9 Å². The molecular formula is C16H18N2O3. The Kier molecular flexibility index (Phi) is 3.93. The van der Waals surface area contributed by atoms with Crippen LogP contribution in [-0.4, -0.2) is 15.3 Å². The maximum absolute atomic E-state index is 12.7. The summed E-state index contributed by atoms with van der Waals surface area (Å²) in [5, 5.41) is 0. The van der Waals surface area contributed by atoms with E-state index in [4.69, 9.17) is 0 Å². The molecule has 5 heteroatoms. The van der Waals surface area contributed by atoms with Crippen molar-refractivity contribution in [3.63, 3.8) is 0 Å². The molecule has 110 valence electrons. The normalized spacial score (nSPS) is 10.9. The number of carbonyl (C=O) groups is 1. The second-order valence-electron chi connectivity index (χ2n) is 5.49. The Morgan fingerprint density at radius 3 is 2.14 bits per heavy atom. The minimum Gasteiger partial charge on any atom is -0.287 e. The molecule has 1 heterocycles. The van der Waals surface area contributed by atoms with Gasteiger partial charge in [0.05, 0.1) is 5.69 Å². The molecule has 0 radical (unpaired) electrons. The Morgan fingerprint density at radius 2 is 1.62 bits per heavy atom. The van der Waals surface area contributed by atoms with Crippen molar-refractivity contribution in [2.75, 3.05) is 0 Å². The number of hydrogen-bond donors (Lipinski definition) is 1. The molecule has 21 heavy (non-hydrogen) atoms. The molecule has 0 atom stereocenters. The molecule has 0 spiro atoms. The van der Waals surface area contributed by atoms with Gasteiger partial charge >= 0.3 is 5.69 Å². The van der Waals surface area contributed by atoms with Crippen molar-refractivity contribution in [2.45, 2.75) is 33.7 Å². The van der Waals surface area contributed by atoms with Gasteiger partial charge in [-0.2, -0.15) is 0 Å². The fourth-order valence-electron chi connectivity index (χ4n) is 2.45. The number of ketones is 1. The summed E-state index contributed by atoms with van der Waals surface area (Å²) in [7, 11) is 0. The molecule has 1 aromatic carbocycles. The Balaban J connectivity index is 2.68. The van der Waals surface area contributed by atoms with Crippen LogP contribution in [0.25, 0.3) is 0 Å². The second kappa shape index (κ2) is 5.52. The van der Waals surface area contributed by atoms with Gasteiger partial charge in [-0.05, 0) is 39.8 Å². The van der Waals surface area contributed by atoms with E-state index >= 15 is 0 Å². The van der Waals surface area contributed by atoms with Gasteiger partial charge in [0.2, 0.25) is 5.78 Å². The summed E-state index contributed by atoms with van der Waals surface area (Å²) < 4.78 is 1.31. The lowest BCUT2D eigenvalue weighted by Gasteiger charge is -2.14. The predicted molar refractivity (Wildman–Crippen MR) is 81.1 cm³/mol. The minimum absolute atomic E-state index is 0.115. The number of aryl methyl sites for hydroxylation is 2. The molecule has 0 amide bonds. The number of benzene rings is 1. The number of aromatic amines is 1. The van der Waals surface area contributed by atoms with Crippen molar-refractivity contribution < 1.29 is 4.79 Å². The summed E-state index contributed by atoms with van der Waals surface area (Å²) in [5.41, 5.74) is 1.38. The Bertz CT molecular complexity index is 793. The SMILES string of the molecule is Cc1cc(C)cc(C(=O)c2cc(=O)[nH]c(=O)n2C(C)C)c1. The van der Waals surface area contributed by atoms with E-state index < -0.39 is 11.2 Å². The minimum atomic E-state index is -0.565. The smallest absolute Gasteiger partial charge is 0.287 e. The third-order valence-electron chi connectivity index (χ3n) is 3.21. The quantitative estimate of drug-likeness (QED) is 0.877. The summed E-state index contributed by atoms with van der Waals surface area (Å²) in [6, 6.07) is 6.43. The lowest BCUT2D eigenvalue weighted by molar-refractivity contribution is 0.102. The van der Waals surface area contributed by atoms with Crippen molar-refractivity contribution in [3.05, 3.63) is 67.5 Å². The van der Waals surface area contributed by atoms with Crippen LogP contribution in [0.1, 0.15) is 47.1 Å². The molecule has 1 N–H and O–H groups in total. The first-order valence-corrected chi connectivity index (χ1v) is 6.78. The first kappa shape index (κ1) is 15.0. The van der Waals surface area contributed by atoms with E-state index in [2.05, 4.69) is 4.98 Å². The van der Waals surface area contributed by atoms with Crippen LogP contribution in [0.3, 0.4) is 0 Å². The molecule has 1 aromatic heterocycles. The number of carbonyl (C=O) groups excluding carboxylic acids is 1. The third-order valence-corrected chi connectivity index (χ3v) is 3.21. The number of nitrogens with one attached hydrogen (secondary N) is 1. The van der Waals surface area contributed by atoms with Crippen molar-refractivity contribution in [1.82, 2.24) is 9.55 Å². The number of aromatic nitrogens is 2. The average molecular weight is 286 g/mol. The van der Waals surface area contributed by atoms with E-state index in [9.17, 15) is 14.4 Å². The van der Waals surface area contributed by atoms with Gasteiger partial charge in [0.25, 0.3) is 5.56 Å². The highest BCUT2D eigenvalue weighted by Gasteiger charge is 2.18. The van der Waals surface area contributed by atoms with E-state index in [-0.39, 0.29) is 17.5 Å². The van der Waals surface area contributed by atoms with Crippen LogP contribution in [0.5, 0.6) is 0 Å². The topological polar surface area (TPSA) is 71.9 Å². The van der Waals surface area contributed by atoms with Crippen LogP contribution in [0.4, 0.5) is 0 Å². The number of nitrogens with zero attached hydrogens (tertiary/aromatic N) is 1. The molecule has 0 aliphatic heterocycles. The van der Waals surface area contributed by atoms with Gasteiger partial charge in [0.15, 0.2) is 0 Å². The summed E-state index contributed by atoms with van der Waals surface area (Å²) in [5.74, 6) is -0.321. The first-order valence-electron chi connectivity index (χ1n) is 6.78. The fraction of sp³-hybridized carbons (Fsp3) is 0.312. The Labute approximate surface area is 122 Å². The van der Waals surface area contributed by atoms with Crippen LogP contribution in [0, 0.1) is 13.8 Å². The maximum atomic E-state index is 12.7. The van der Waals surface area contributed by atoms with Crippen LogP contribution >= 0.6 is 0 Å². The maximum Gasteiger partial charge on any atom is 0.329 e. The third kappa shape index (κ3) is 3.02. The molecule has 0 saturated carbocycles. The van der Waals surface area contributed by atoms with E-state index in [0.29, 0.717) is 5.56 Å². The number of hydrogen-bond acceptors (Lipinski definition) is 3. The van der Waals surface area contributed by atoms with Gasteiger partial charge in [0.1, 0.15) is 0 Å². The molecule has 0 unspecified atom stereocenters. The highest BCUT2D eigenvalue weighted by Crippen LogP contribution is 2.14. The highest BCUT2D eigenvalue weighted by molar-refractivity contribution is 6.08. The molecule has 0 saturated heterocycles. The first-order chi connectivity index (χ1) is 9.79. The Hall–Kier alpha value is -2.43. The molecule has 2 aromatic rings. The van der Waals surface area contributed by atoms with Crippen molar-refractivity contribution in [3.8, 4) is 0 Å². The molecule has 5 nitrogen and oxygen atoms in total. The van der Waals surface area contributed by atoms with Crippen LogP contribution in [0.2, 0.25) is 0 Å². The predicted octanol–water partition coefficient (Wildman–Crippen LogP) is 1.97. The van der Waals surface area contributed by atoms with Gasteiger partial charge in [-0.3, -0.25) is 19.1 Å². The number of rotatable bonds is 3. The van der Waals surface area contributed by atoms with Crippen molar-refractivity contribution >= 4 is 5.78 Å². The fourth-order valence-corrected chi connectivity index (χ4v) is 2.45. The molecule has 0 bridgehead atoms. The van der Waals surface area contributed by atoms with Crippen LogP contribution in [-0.2, 0) is 0 Å². The zero-order valence-electron chi connectivity index (χ0n) is 12.6. The second-order valence-corrected chi connectivity index (χ2v) is 5.49. The van der Waals surface area contributed by atoms with E-state index in [1.165, 1.54) is 10.6 Å². The lowest BCUT2D eigenvalue weighted by Crippen LogP contribution is -2.35. The molecule has 0 aliphatic carbocycles. The van der Waals surface area contributed by atoms with Gasteiger partial charge in [-0.25, -0.2) is 4.79 Å². The van der Waals surface area contributed by atoms with Crippen molar-refractivity contribution in [1.29, 1.82) is 0 Å².